The van der Waals surface area contributed by atoms with Crippen LogP contribution in [0.3, 0.4) is 0 Å². The molecule has 24 heavy (non-hydrogen) atoms. The summed E-state index contributed by atoms with van der Waals surface area (Å²) >= 11 is 1.58. The molecule has 2 aromatic heterocycles. The van der Waals surface area contributed by atoms with Crippen LogP contribution in [0, 0.1) is 0 Å². The minimum Gasteiger partial charge on any atom is -0.331 e. The Morgan fingerprint density at radius 2 is 2.29 bits per heavy atom. The van der Waals surface area contributed by atoms with E-state index in [9.17, 15) is 13.2 Å². The number of amides is 2. The number of aromatic nitrogens is 2. The Labute approximate surface area is 145 Å². The van der Waals surface area contributed by atoms with Gasteiger partial charge in [-0.1, -0.05) is 6.07 Å². The fraction of sp³-hybridized carbons (Fsp3) is 0.467. The molecule has 2 atom stereocenters. The van der Waals surface area contributed by atoms with Crippen molar-refractivity contribution in [1.29, 1.82) is 0 Å². The highest BCUT2D eigenvalue weighted by molar-refractivity contribution is 7.91. The Morgan fingerprint density at radius 3 is 2.92 bits per heavy atom. The van der Waals surface area contributed by atoms with Crippen LogP contribution >= 0.6 is 11.3 Å². The number of aryl methyl sites for hydroxylation is 1. The van der Waals surface area contributed by atoms with E-state index >= 15 is 0 Å². The Balaban J connectivity index is 1.80. The first-order chi connectivity index (χ1) is 11.4. The van der Waals surface area contributed by atoms with E-state index in [1.807, 2.05) is 24.4 Å². The molecule has 0 bridgehead atoms. The fourth-order valence-electron chi connectivity index (χ4n) is 2.82. The van der Waals surface area contributed by atoms with Gasteiger partial charge >= 0.3 is 6.03 Å². The summed E-state index contributed by atoms with van der Waals surface area (Å²) < 4.78 is 25.7. The number of hydrogen-bond acceptors (Lipinski definition) is 5. The summed E-state index contributed by atoms with van der Waals surface area (Å²) in [4.78, 5) is 15.4. The molecular weight excluding hydrogens is 348 g/mol. The van der Waals surface area contributed by atoms with Crippen LogP contribution in [0.15, 0.2) is 29.9 Å². The third-order valence-electron chi connectivity index (χ3n) is 4.11. The van der Waals surface area contributed by atoms with Crippen molar-refractivity contribution in [2.24, 2.45) is 7.05 Å². The van der Waals surface area contributed by atoms with Gasteiger partial charge in [-0.3, -0.25) is 4.68 Å². The smallest absolute Gasteiger partial charge is 0.318 e. The molecule has 1 aliphatic heterocycles. The zero-order valence-electron chi connectivity index (χ0n) is 13.5. The predicted octanol–water partition coefficient (Wildman–Crippen LogP) is 1.72. The zero-order chi connectivity index (χ0) is 17.3. The van der Waals surface area contributed by atoms with E-state index in [-0.39, 0.29) is 30.1 Å². The van der Waals surface area contributed by atoms with Gasteiger partial charge in [0.1, 0.15) is 0 Å². The highest BCUT2D eigenvalue weighted by Gasteiger charge is 2.36. The van der Waals surface area contributed by atoms with Gasteiger partial charge in [0, 0.05) is 30.2 Å². The molecule has 7 nitrogen and oxygen atoms in total. The number of carbonyl (C=O) groups is 1. The van der Waals surface area contributed by atoms with Crippen LogP contribution in [0.5, 0.6) is 0 Å². The highest BCUT2D eigenvalue weighted by Crippen LogP contribution is 2.27. The Morgan fingerprint density at radius 1 is 1.50 bits per heavy atom. The van der Waals surface area contributed by atoms with Crippen molar-refractivity contribution >= 4 is 27.2 Å². The molecule has 3 heterocycles. The number of thiophene rings is 1. The second-order valence-electron chi connectivity index (χ2n) is 5.96. The number of urea groups is 1. The van der Waals surface area contributed by atoms with Gasteiger partial charge < -0.3 is 10.2 Å². The maximum Gasteiger partial charge on any atom is 0.318 e. The molecule has 2 amide bonds. The second-order valence-corrected chi connectivity index (χ2v) is 9.17. The topological polar surface area (TPSA) is 84.3 Å². The first-order valence-electron chi connectivity index (χ1n) is 7.65. The van der Waals surface area contributed by atoms with E-state index in [0.29, 0.717) is 0 Å². The molecule has 1 N–H and O–H groups in total. The first-order valence-corrected chi connectivity index (χ1v) is 10.4. The number of hydrogen-bond donors (Lipinski definition) is 1. The lowest BCUT2D eigenvalue weighted by molar-refractivity contribution is 0.178. The molecular formula is C15H20N4O3S2. The summed E-state index contributed by atoms with van der Waals surface area (Å²) in [6, 6.07) is 3.03. The van der Waals surface area contributed by atoms with Crippen molar-refractivity contribution in [3.63, 3.8) is 0 Å². The van der Waals surface area contributed by atoms with Gasteiger partial charge in [0.05, 0.1) is 29.8 Å². The summed E-state index contributed by atoms with van der Waals surface area (Å²) in [6.45, 7) is 2.11. The van der Waals surface area contributed by atoms with E-state index in [1.54, 1.807) is 40.4 Å². The second kappa shape index (κ2) is 6.56. The van der Waals surface area contributed by atoms with E-state index in [1.165, 1.54) is 0 Å². The molecule has 130 valence electrons. The Hall–Kier alpha value is -1.87. The van der Waals surface area contributed by atoms with Crippen LogP contribution in [0.2, 0.25) is 0 Å². The number of carbonyl (C=O) groups excluding carboxylic acids is 1. The van der Waals surface area contributed by atoms with E-state index < -0.39 is 15.9 Å². The minimum atomic E-state index is -3.17. The highest BCUT2D eigenvalue weighted by atomic mass is 32.2. The monoisotopic (exact) mass is 368 g/mol. The molecule has 1 aliphatic rings. The van der Waals surface area contributed by atoms with Gasteiger partial charge in [0.25, 0.3) is 0 Å². The van der Waals surface area contributed by atoms with Crippen molar-refractivity contribution in [3.8, 4) is 0 Å². The van der Waals surface area contributed by atoms with Crippen LogP contribution in [0.1, 0.15) is 29.4 Å². The molecule has 0 unspecified atom stereocenters. The number of rotatable bonds is 3. The maximum atomic E-state index is 12.7. The van der Waals surface area contributed by atoms with Gasteiger partial charge in [-0.2, -0.15) is 5.10 Å². The van der Waals surface area contributed by atoms with Crippen LogP contribution in [0.4, 0.5) is 4.79 Å². The van der Waals surface area contributed by atoms with Crippen LogP contribution in [0.25, 0.3) is 0 Å². The van der Waals surface area contributed by atoms with E-state index in [0.717, 1.165) is 10.4 Å². The lowest BCUT2D eigenvalue weighted by atomic mass is 10.1. The quantitative estimate of drug-likeness (QED) is 0.894. The van der Waals surface area contributed by atoms with Gasteiger partial charge in [0.15, 0.2) is 9.84 Å². The average Bonchev–Trinajstić information content (AvgIpc) is 3.17. The number of nitrogens with zero attached hydrogens (tertiary/aromatic N) is 3. The summed E-state index contributed by atoms with van der Waals surface area (Å²) in [5.74, 6) is -0.0793. The third kappa shape index (κ3) is 3.62. The molecule has 1 saturated heterocycles. The molecule has 1 fully saturated rings. The van der Waals surface area contributed by atoms with Crippen molar-refractivity contribution in [2.75, 3.05) is 18.1 Å². The van der Waals surface area contributed by atoms with Crippen molar-refractivity contribution in [2.45, 2.75) is 19.0 Å². The number of sulfone groups is 1. The minimum absolute atomic E-state index is 0.00936. The SMILES string of the molecule is C[C@H](NC(=O)N1CCS(=O)(=O)C[C@@H]1c1cnn(C)c1)c1cccs1. The predicted molar refractivity (Wildman–Crippen MR) is 92.6 cm³/mol. The summed E-state index contributed by atoms with van der Waals surface area (Å²) in [5, 5.41) is 9.02. The molecule has 0 saturated carbocycles. The average molecular weight is 368 g/mol. The Kier molecular flexibility index (Phi) is 4.64. The Bertz CT molecular complexity index is 814. The van der Waals surface area contributed by atoms with Crippen LogP contribution in [-0.4, -0.2) is 47.2 Å². The molecule has 2 aromatic rings. The molecule has 0 aliphatic carbocycles. The summed E-state index contributed by atoms with van der Waals surface area (Å²) in [7, 11) is -1.40. The number of nitrogens with one attached hydrogen (secondary N) is 1. The van der Waals surface area contributed by atoms with Crippen LogP contribution < -0.4 is 5.32 Å². The van der Waals surface area contributed by atoms with Crippen molar-refractivity contribution in [3.05, 3.63) is 40.3 Å². The van der Waals surface area contributed by atoms with Crippen molar-refractivity contribution in [1.82, 2.24) is 20.0 Å². The van der Waals surface area contributed by atoms with Gasteiger partial charge in [-0.05, 0) is 18.4 Å². The summed E-state index contributed by atoms with van der Waals surface area (Å²) in [6.07, 6.45) is 3.38. The summed E-state index contributed by atoms with van der Waals surface area (Å²) in [5.41, 5.74) is 0.736. The van der Waals surface area contributed by atoms with Crippen LogP contribution in [-0.2, 0) is 16.9 Å². The molecule has 0 aromatic carbocycles. The molecule has 3 rings (SSSR count). The van der Waals surface area contributed by atoms with Gasteiger partial charge in [-0.25, -0.2) is 13.2 Å². The normalized spacial score (nSPS) is 21.4. The van der Waals surface area contributed by atoms with Gasteiger partial charge in [-0.15, -0.1) is 11.3 Å². The standard InChI is InChI=1S/C15H20N4O3S2/c1-11(14-4-3-6-23-14)17-15(20)19-5-7-24(21,22)10-13(19)12-8-16-18(2)9-12/h3-4,6,8-9,11,13H,5,7,10H2,1-2H3,(H,17,20)/t11-,13+/m0/s1. The maximum absolute atomic E-state index is 12.7. The largest absolute Gasteiger partial charge is 0.331 e. The van der Waals surface area contributed by atoms with Gasteiger partial charge in [0.2, 0.25) is 0 Å². The third-order valence-corrected chi connectivity index (χ3v) is 6.79. The molecule has 0 radical (unpaired) electrons. The van der Waals surface area contributed by atoms with Crippen molar-refractivity contribution < 1.29 is 13.2 Å². The lowest BCUT2D eigenvalue weighted by Gasteiger charge is -2.35. The van der Waals surface area contributed by atoms with E-state index in [4.69, 9.17) is 0 Å². The van der Waals surface area contributed by atoms with E-state index in [2.05, 4.69) is 10.4 Å². The zero-order valence-corrected chi connectivity index (χ0v) is 15.2. The lowest BCUT2D eigenvalue weighted by Crippen LogP contribution is -2.50. The molecule has 0 spiro atoms. The molecule has 9 heteroatoms. The first kappa shape index (κ1) is 17.0. The fourth-order valence-corrected chi connectivity index (χ4v) is 5.04.